The zero-order valence-electron chi connectivity index (χ0n) is 14.8. The van der Waals surface area contributed by atoms with Crippen LogP contribution >= 0.6 is 12.4 Å². The Morgan fingerprint density at radius 1 is 1.00 bits per heavy atom. The van der Waals surface area contributed by atoms with E-state index in [0.29, 0.717) is 32.8 Å². The minimum Gasteiger partial charge on any atom is -0.494 e. The molecule has 0 heterocycles. The van der Waals surface area contributed by atoms with Crippen LogP contribution < -0.4 is 10.5 Å². The molecule has 0 fully saturated rings. The molecule has 7 heteroatoms. The molecule has 144 valence electrons. The molecule has 0 saturated heterocycles. The summed E-state index contributed by atoms with van der Waals surface area (Å²) in [7, 11) is 0. The smallest absolute Gasteiger partial charge is 0.329 e. The first-order valence-electron chi connectivity index (χ1n) is 8.45. The van der Waals surface area contributed by atoms with E-state index < -0.39 is 5.97 Å². The van der Waals surface area contributed by atoms with Crippen molar-refractivity contribution in [2.75, 3.05) is 33.0 Å². The third kappa shape index (κ3) is 12.6. The van der Waals surface area contributed by atoms with Crippen molar-refractivity contribution in [2.24, 2.45) is 5.73 Å². The van der Waals surface area contributed by atoms with Crippen LogP contribution in [0, 0.1) is 0 Å². The highest BCUT2D eigenvalue weighted by atomic mass is 35.5. The van der Waals surface area contributed by atoms with E-state index in [1.807, 2.05) is 31.2 Å². The van der Waals surface area contributed by atoms with Gasteiger partial charge in [0.1, 0.15) is 12.4 Å². The van der Waals surface area contributed by atoms with Crippen LogP contribution in [-0.2, 0) is 14.3 Å². The quantitative estimate of drug-likeness (QED) is 0.485. The van der Waals surface area contributed by atoms with E-state index in [1.165, 1.54) is 0 Å². The number of halogens is 1. The third-order valence-electron chi connectivity index (χ3n) is 3.41. The van der Waals surface area contributed by atoms with Gasteiger partial charge in [0.15, 0.2) is 0 Å². The van der Waals surface area contributed by atoms with Crippen LogP contribution in [0.3, 0.4) is 0 Å². The Hall–Kier alpha value is -1.34. The first-order valence-corrected chi connectivity index (χ1v) is 8.45. The summed E-state index contributed by atoms with van der Waals surface area (Å²) in [6.07, 6.45) is 3.74. The molecular weight excluding hydrogens is 346 g/mol. The highest BCUT2D eigenvalue weighted by Gasteiger charge is 2.00. The molecule has 0 aliphatic rings. The van der Waals surface area contributed by atoms with E-state index in [0.717, 1.165) is 30.6 Å². The number of nitrogens with two attached hydrogens (primary N) is 1. The molecule has 0 radical (unpaired) electrons. The molecule has 0 unspecified atom stereocenters. The molecule has 0 aliphatic heterocycles. The largest absolute Gasteiger partial charge is 0.494 e. The van der Waals surface area contributed by atoms with Crippen molar-refractivity contribution in [1.29, 1.82) is 0 Å². The SMILES string of the molecule is C[C@H](N)c1ccc(OCCCCCOCCCOCC(=O)O)cc1.Cl. The molecule has 1 atom stereocenters. The molecule has 1 aromatic rings. The molecule has 0 spiro atoms. The van der Waals surface area contributed by atoms with Gasteiger partial charge in [0, 0.05) is 25.9 Å². The van der Waals surface area contributed by atoms with Crippen molar-refractivity contribution in [2.45, 2.75) is 38.6 Å². The highest BCUT2D eigenvalue weighted by molar-refractivity contribution is 5.85. The minimum atomic E-state index is -0.942. The van der Waals surface area contributed by atoms with Crippen molar-refractivity contribution in [3.05, 3.63) is 29.8 Å². The van der Waals surface area contributed by atoms with Crippen LogP contribution in [-0.4, -0.2) is 44.1 Å². The van der Waals surface area contributed by atoms with Crippen molar-refractivity contribution in [3.63, 3.8) is 0 Å². The number of ether oxygens (including phenoxy) is 3. The lowest BCUT2D eigenvalue weighted by molar-refractivity contribution is -0.142. The van der Waals surface area contributed by atoms with Crippen LogP contribution in [0.15, 0.2) is 24.3 Å². The molecule has 6 nitrogen and oxygen atoms in total. The second kappa shape index (κ2) is 15.0. The van der Waals surface area contributed by atoms with Crippen LogP contribution in [0.25, 0.3) is 0 Å². The van der Waals surface area contributed by atoms with Crippen LogP contribution in [0.5, 0.6) is 5.75 Å². The van der Waals surface area contributed by atoms with E-state index in [-0.39, 0.29) is 25.1 Å². The zero-order chi connectivity index (χ0) is 17.6. The minimum absolute atomic E-state index is 0. The summed E-state index contributed by atoms with van der Waals surface area (Å²) >= 11 is 0. The van der Waals surface area contributed by atoms with Crippen LogP contribution in [0.1, 0.15) is 44.2 Å². The molecule has 1 rings (SSSR count). The maximum absolute atomic E-state index is 10.2. The number of carboxylic acids is 1. The van der Waals surface area contributed by atoms with Crippen molar-refractivity contribution < 1.29 is 24.1 Å². The lowest BCUT2D eigenvalue weighted by Crippen LogP contribution is -2.09. The predicted molar refractivity (Wildman–Crippen MR) is 99.5 cm³/mol. The van der Waals surface area contributed by atoms with Gasteiger partial charge in [-0.1, -0.05) is 12.1 Å². The number of aliphatic carboxylic acids is 1. The Morgan fingerprint density at radius 2 is 1.60 bits per heavy atom. The van der Waals surface area contributed by atoms with Crippen molar-refractivity contribution in [1.82, 2.24) is 0 Å². The Balaban J connectivity index is 0.00000576. The molecule has 0 aromatic heterocycles. The molecule has 25 heavy (non-hydrogen) atoms. The van der Waals surface area contributed by atoms with Gasteiger partial charge in [0.2, 0.25) is 0 Å². The van der Waals surface area contributed by atoms with E-state index in [2.05, 4.69) is 0 Å². The average Bonchev–Trinajstić information content (AvgIpc) is 2.56. The van der Waals surface area contributed by atoms with E-state index in [9.17, 15) is 4.79 Å². The van der Waals surface area contributed by atoms with Gasteiger partial charge in [0.25, 0.3) is 0 Å². The number of carboxylic acid groups (broad SMARTS) is 1. The van der Waals surface area contributed by atoms with E-state index in [4.69, 9.17) is 25.1 Å². The van der Waals surface area contributed by atoms with Gasteiger partial charge in [-0.05, 0) is 50.3 Å². The van der Waals surface area contributed by atoms with Gasteiger partial charge in [-0.25, -0.2) is 4.79 Å². The van der Waals surface area contributed by atoms with Gasteiger partial charge in [-0.2, -0.15) is 0 Å². The van der Waals surface area contributed by atoms with Crippen molar-refractivity contribution in [3.8, 4) is 5.75 Å². The lowest BCUT2D eigenvalue weighted by Gasteiger charge is -2.09. The number of benzene rings is 1. The predicted octanol–water partition coefficient (Wildman–Crippen LogP) is 3.19. The standard InChI is InChI=1S/C18H29NO5.ClH/c1-15(19)16-6-8-17(9-7-16)24-13-4-2-3-10-22-11-5-12-23-14-18(20)21;/h6-9,15H,2-5,10-14,19H2,1H3,(H,20,21);1H/t15-;/m0./s1. The lowest BCUT2D eigenvalue weighted by atomic mass is 10.1. The summed E-state index contributed by atoms with van der Waals surface area (Å²) in [4.78, 5) is 10.2. The van der Waals surface area contributed by atoms with Gasteiger partial charge in [0.05, 0.1) is 6.61 Å². The summed E-state index contributed by atoms with van der Waals surface area (Å²) < 4.78 is 16.1. The fourth-order valence-electron chi connectivity index (χ4n) is 2.07. The van der Waals surface area contributed by atoms with Gasteiger partial charge < -0.3 is 25.1 Å². The van der Waals surface area contributed by atoms with Crippen LogP contribution in [0.4, 0.5) is 0 Å². The molecule has 1 aromatic carbocycles. The monoisotopic (exact) mass is 375 g/mol. The topological polar surface area (TPSA) is 91.0 Å². The first kappa shape index (κ1) is 23.7. The van der Waals surface area contributed by atoms with E-state index in [1.54, 1.807) is 0 Å². The average molecular weight is 376 g/mol. The van der Waals surface area contributed by atoms with Crippen molar-refractivity contribution >= 4 is 18.4 Å². The fraction of sp³-hybridized carbons (Fsp3) is 0.611. The number of carbonyl (C=O) groups is 1. The number of unbranched alkanes of at least 4 members (excludes halogenated alkanes) is 2. The Bertz CT molecular complexity index is 453. The van der Waals surface area contributed by atoms with Gasteiger partial charge >= 0.3 is 5.97 Å². The number of hydrogen-bond acceptors (Lipinski definition) is 5. The summed E-state index contributed by atoms with van der Waals surface area (Å²) in [5.41, 5.74) is 6.91. The molecule has 0 saturated carbocycles. The molecule has 3 N–H and O–H groups in total. The van der Waals surface area contributed by atoms with E-state index >= 15 is 0 Å². The Morgan fingerprint density at radius 3 is 2.24 bits per heavy atom. The normalized spacial score (nSPS) is 11.6. The van der Waals surface area contributed by atoms with Crippen LogP contribution in [0.2, 0.25) is 0 Å². The number of hydrogen-bond donors (Lipinski definition) is 2. The Kier molecular flexibility index (Phi) is 14.2. The summed E-state index contributed by atoms with van der Waals surface area (Å²) in [6, 6.07) is 7.94. The Labute approximate surface area is 156 Å². The molecule has 0 bridgehead atoms. The third-order valence-corrected chi connectivity index (χ3v) is 3.41. The first-order chi connectivity index (χ1) is 11.6. The number of rotatable bonds is 14. The maximum atomic E-state index is 10.2. The second-order valence-electron chi connectivity index (χ2n) is 5.68. The second-order valence-corrected chi connectivity index (χ2v) is 5.68. The molecule has 0 aliphatic carbocycles. The maximum Gasteiger partial charge on any atom is 0.329 e. The highest BCUT2D eigenvalue weighted by Crippen LogP contribution is 2.16. The van der Waals surface area contributed by atoms with Gasteiger partial charge in [-0.15, -0.1) is 12.4 Å². The molecular formula is C18H30ClNO5. The fourth-order valence-corrected chi connectivity index (χ4v) is 2.07. The zero-order valence-corrected chi connectivity index (χ0v) is 15.6. The van der Waals surface area contributed by atoms with Gasteiger partial charge in [-0.3, -0.25) is 0 Å². The summed E-state index contributed by atoms with van der Waals surface area (Å²) in [5.74, 6) is -0.0694. The molecule has 0 amide bonds. The summed E-state index contributed by atoms with van der Waals surface area (Å²) in [5, 5.41) is 8.39. The summed E-state index contributed by atoms with van der Waals surface area (Å²) in [6.45, 7) is 4.14.